The number of carbonyl (C=O) groups excluding carboxylic acids is 1. The standard InChI is InChI=1S/C11H12N2O2/c14-10-11(5-7(6-11)13-15)8-3-1-2-4-9(8)12-10/h1-4,7,13,15H,5-6H2,(H,12,14). The van der Waals surface area contributed by atoms with Crippen molar-refractivity contribution in [2.75, 3.05) is 5.32 Å². The minimum atomic E-state index is -0.392. The number of fused-ring (bicyclic) bond motifs is 2. The smallest absolute Gasteiger partial charge is 0.235 e. The van der Waals surface area contributed by atoms with Gasteiger partial charge in [-0.25, -0.2) is 5.48 Å². The van der Waals surface area contributed by atoms with E-state index >= 15 is 0 Å². The van der Waals surface area contributed by atoms with Gasteiger partial charge in [0.15, 0.2) is 0 Å². The predicted molar refractivity (Wildman–Crippen MR) is 54.7 cm³/mol. The molecule has 1 aromatic carbocycles. The number of benzene rings is 1. The second kappa shape index (κ2) is 2.81. The van der Waals surface area contributed by atoms with E-state index in [4.69, 9.17) is 5.21 Å². The Balaban J connectivity index is 2.01. The van der Waals surface area contributed by atoms with Crippen molar-refractivity contribution < 1.29 is 10.0 Å². The van der Waals surface area contributed by atoms with Gasteiger partial charge in [-0.3, -0.25) is 4.79 Å². The number of hydrogen-bond donors (Lipinski definition) is 3. The number of para-hydroxylation sites is 1. The monoisotopic (exact) mass is 204 g/mol. The molecule has 3 rings (SSSR count). The van der Waals surface area contributed by atoms with Crippen LogP contribution in [0, 0.1) is 0 Å². The molecule has 78 valence electrons. The largest absolute Gasteiger partial charge is 0.325 e. The SMILES string of the molecule is O=C1Nc2ccccc2C12CC(NO)C2. The highest BCUT2D eigenvalue weighted by atomic mass is 16.5. The minimum absolute atomic E-state index is 0.0434. The number of anilines is 1. The van der Waals surface area contributed by atoms with E-state index in [-0.39, 0.29) is 11.9 Å². The van der Waals surface area contributed by atoms with Crippen LogP contribution in [-0.4, -0.2) is 17.2 Å². The lowest BCUT2D eigenvalue weighted by Crippen LogP contribution is -2.54. The average molecular weight is 204 g/mol. The van der Waals surface area contributed by atoms with Crippen molar-refractivity contribution >= 4 is 11.6 Å². The molecular formula is C11H12N2O2. The van der Waals surface area contributed by atoms with Gasteiger partial charge in [-0.15, -0.1) is 0 Å². The van der Waals surface area contributed by atoms with Gasteiger partial charge >= 0.3 is 0 Å². The first-order chi connectivity index (χ1) is 7.26. The molecule has 15 heavy (non-hydrogen) atoms. The third kappa shape index (κ3) is 1.00. The first-order valence-corrected chi connectivity index (χ1v) is 5.07. The maximum atomic E-state index is 11.9. The van der Waals surface area contributed by atoms with E-state index in [0.717, 1.165) is 11.3 Å². The molecular weight excluding hydrogens is 192 g/mol. The van der Waals surface area contributed by atoms with Gasteiger partial charge in [0, 0.05) is 11.7 Å². The van der Waals surface area contributed by atoms with Crippen molar-refractivity contribution in [3.8, 4) is 0 Å². The molecule has 0 atom stereocenters. The lowest BCUT2D eigenvalue weighted by molar-refractivity contribution is -0.125. The molecule has 1 saturated carbocycles. The van der Waals surface area contributed by atoms with E-state index in [9.17, 15) is 4.79 Å². The summed E-state index contributed by atoms with van der Waals surface area (Å²) < 4.78 is 0. The Kier molecular flexibility index (Phi) is 1.66. The van der Waals surface area contributed by atoms with Gasteiger partial charge in [0.25, 0.3) is 0 Å². The van der Waals surface area contributed by atoms with Crippen LogP contribution in [0.3, 0.4) is 0 Å². The summed E-state index contributed by atoms with van der Waals surface area (Å²) in [6.07, 6.45) is 1.35. The van der Waals surface area contributed by atoms with Crippen LogP contribution < -0.4 is 10.8 Å². The third-order valence-electron chi connectivity index (χ3n) is 3.50. The highest BCUT2D eigenvalue weighted by molar-refractivity contribution is 6.07. The van der Waals surface area contributed by atoms with Crippen LogP contribution in [-0.2, 0) is 10.2 Å². The normalized spacial score (nSPS) is 32.3. The average Bonchev–Trinajstić information content (AvgIpc) is 2.47. The molecule has 0 unspecified atom stereocenters. The maximum Gasteiger partial charge on any atom is 0.235 e. The fourth-order valence-electron chi connectivity index (χ4n) is 2.65. The molecule has 0 aromatic heterocycles. The molecule has 0 saturated heterocycles. The van der Waals surface area contributed by atoms with Gasteiger partial charge in [0.2, 0.25) is 5.91 Å². The highest BCUT2D eigenvalue weighted by Gasteiger charge is 2.55. The predicted octanol–water partition coefficient (Wildman–Crippen LogP) is 1.02. The lowest BCUT2D eigenvalue weighted by Gasteiger charge is -2.42. The Bertz CT molecular complexity index is 424. The minimum Gasteiger partial charge on any atom is -0.325 e. The first kappa shape index (κ1) is 8.88. The van der Waals surface area contributed by atoms with Crippen LogP contribution in [0.2, 0.25) is 0 Å². The van der Waals surface area contributed by atoms with Gasteiger partial charge < -0.3 is 10.5 Å². The molecule has 1 heterocycles. The van der Waals surface area contributed by atoms with E-state index in [1.54, 1.807) is 0 Å². The van der Waals surface area contributed by atoms with Crippen molar-refractivity contribution in [1.82, 2.24) is 5.48 Å². The number of nitrogens with one attached hydrogen (secondary N) is 2. The molecule has 1 aliphatic heterocycles. The highest BCUT2D eigenvalue weighted by Crippen LogP contribution is 2.50. The van der Waals surface area contributed by atoms with Crippen LogP contribution >= 0.6 is 0 Å². The Hall–Kier alpha value is -1.39. The van der Waals surface area contributed by atoms with Crippen LogP contribution in [0.25, 0.3) is 0 Å². The molecule has 1 aromatic rings. The molecule has 1 fully saturated rings. The van der Waals surface area contributed by atoms with Crippen molar-refractivity contribution in [1.29, 1.82) is 0 Å². The molecule has 3 N–H and O–H groups in total. The molecule has 2 aliphatic rings. The van der Waals surface area contributed by atoms with Crippen molar-refractivity contribution in [3.05, 3.63) is 29.8 Å². The zero-order valence-corrected chi connectivity index (χ0v) is 8.16. The fraction of sp³-hybridized carbons (Fsp3) is 0.364. The third-order valence-corrected chi connectivity index (χ3v) is 3.50. The molecule has 4 nitrogen and oxygen atoms in total. The summed E-state index contributed by atoms with van der Waals surface area (Å²) in [5, 5.41) is 11.7. The number of rotatable bonds is 1. The van der Waals surface area contributed by atoms with Gasteiger partial charge in [-0.1, -0.05) is 18.2 Å². The quantitative estimate of drug-likeness (QED) is 0.598. The Morgan fingerprint density at radius 1 is 1.40 bits per heavy atom. The number of amides is 1. The molecule has 4 heteroatoms. The first-order valence-electron chi connectivity index (χ1n) is 5.07. The maximum absolute atomic E-state index is 11.9. The van der Waals surface area contributed by atoms with E-state index in [0.29, 0.717) is 12.8 Å². The van der Waals surface area contributed by atoms with Gasteiger partial charge in [0.1, 0.15) is 0 Å². The second-order valence-corrected chi connectivity index (χ2v) is 4.32. The van der Waals surface area contributed by atoms with Crippen molar-refractivity contribution in [2.45, 2.75) is 24.3 Å². The van der Waals surface area contributed by atoms with Gasteiger partial charge in [-0.2, -0.15) is 0 Å². The van der Waals surface area contributed by atoms with E-state index in [1.165, 1.54) is 0 Å². The molecule has 1 amide bonds. The van der Waals surface area contributed by atoms with Crippen LogP contribution in [0.15, 0.2) is 24.3 Å². The topological polar surface area (TPSA) is 61.4 Å². The zero-order valence-electron chi connectivity index (χ0n) is 8.16. The fourth-order valence-corrected chi connectivity index (χ4v) is 2.65. The van der Waals surface area contributed by atoms with Crippen molar-refractivity contribution in [3.63, 3.8) is 0 Å². The van der Waals surface area contributed by atoms with E-state index in [1.807, 2.05) is 24.3 Å². The Labute approximate surface area is 87.3 Å². The molecule has 0 bridgehead atoms. The van der Waals surface area contributed by atoms with E-state index in [2.05, 4.69) is 10.8 Å². The molecule has 1 spiro atoms. The van der Waals surface area contributed by atoms with Crippen LogP contribution in [0.4, 0.5) is 5.69 Å². The Morgan fingerprint density at radius 3 is 2.87 bits per heavy atom. The lowest BCUT2D eigenvalue weighted by atomic mass is 9.62. The van der Waals surface area contributed by atoms with Gasteiger partial charge in [0.05, 0.1) is 5.41 Å². The zero-order chi connectivity index (χ0) is 10.5. The molecule has 1 aliphatic carbocycles. The molecule has 0 radical (unpaired) electrons. The summed E-state index contributed by atoms with van der Waals surface area (Å²) in [5.41, 5.74) is 3.82. The number of hydrogen-bond acceptors (Lipinski definition) is 3. The summed E-state index contributed by atoms with van der Waals surface area (Å²) in [6.45, 7) is 0. The van der Waals surface area contributed by atoms with Crippen LogP contribution in [0.1, 0.15) is 18.4 Å². The van der Waals surface area contributed by atoms with Crippen LogP contribution in [0.5, 0.6) is 0 Å². The number of carbonyl (C=O) groups is 1. The second-order valence-electron chi connectivity index (χ2n) is 4.32. The summed E-state index contributed by atoms with van der Waals surface area (Å²) in [7, 11) is 0. The van der Waals surface area contributed by atoms with Crippen molar-refractivity contribution in [2.24, 2.45) is 0 Å². The summed E-state index contributed by atoms with van der Waals surface area (Å²) in [4.78, 5) is 11.9. The summed E-state index contributed by atoms with van der Waals surface area (Å²) in [5.74, 6) is 0.0650. The van der Waals surface area contributed by atoms with Gasteiger partial charge in [-0.05, 0) is 24.5 Å². The Morgan fingerprint density at radius 2 is 2.13 bits per heavy atom. The summed E-state index contributed by atoms with van der Waals surface area (Å²) >= 11 is 0. The summed E-state index contributed by atoms with van der Waals surface area (Å²) in [6, 6.07) is 7.81. The van der Waals surface area contributed by atoms with E-state index < -0.39 is 5.41 Å². The number of hydroxylamine groups is 1.